The van der Waals surface area contributed by atoms with Gasteiger partial charge in [-0.2, -0.15) is 0 Å². The maximum atomic E-state index is 12.9. The van der Waals surface area contributed by atoms with Gasteiger partial charge in [0.2, 0.25) is 0 Å². The first kappa shape index (κ1) is 23.4. The van der Waals surface area contributed by atoms with Crippen LogP contribution in [0.25, 0.3) is 6.08 Å². The molecule has 0 fully saturated rings. The molecule has 0 N–H and O–H groups in total. The molecular weight excluding hydrogens is 424 g/mol. The predicted molar refractivity (Wildman–Crippen MR) is 124 cm³/mol. The molecule has 33 heavy (non-hydrogen) atoms. The molecule has 0 atom stereocenters. The van der Waals surface area contributed by atoms with Crippen molar-refractivity contribution in [3.05, 3.63) is 83.4 Å². The molecule has 0 aliphatic heterocycles. The van der Waals surface area contributed by atoms with Crippen molar-refractivity contribution in [1.29, 1.82) is 0 Å². The first-order valence-corrected chi connectivity index (χ1v) is 9.99. The minimum Gasteiger partial charge on any atom is -0.497 e. The van der Waals surface area contributed by atoms with E-state index in [0.29, 0.717) is 34.1 Å². The van der Waals surface area contributed by atoms with Gasteiger partial charge in [-0.1, -0.05) is 24.3 Å². The van der Waals surface area contributed by atoms with Crippen molar-refractivity contribution in [2.45, 2.75) is 0 Å². The van der Waals surface area contributed by atoms with Crippen LogP contribution in [0.1, 0.15) is 26.3 Å². The third kappa shape index (κ3) is 5.33. The Bertz CT molecular complexity index is 1160. The molecule has 0 aliphatic rings. The van der Waals surface area contributed by atoms with Gasteiger partial charge in [-0.05, 0) is 48.6 Å². The van der Waals surface area contributed by atoms with Crippen LogP contribution in [0.3, 0.4) is 0 Å². The van der Waals surface area contributed by atoms with Gasteiger partial charge in [0.25, 0.3) is 0 Å². The largest absolute Gasteiger partial charge is 0.497 e. The fourth-order valence-electron chi connectivity index (χ4n) is 3.18. The Morgan fingerprint density at radius 3 is 1.97 bits per heavy atom. The maximum Gasteiger partial charge on any atom is 0.351 e. The predicted octanol–water partition coefficient (Wildman–Crippen LogP) is 4.84. The zero-order valence-corrected chi connectivity index (χ0v) is 18.8. The van der Waals surface area contributed by atoms with Crippen LogP contribution in [0.15, 0.2) is 66.7 Å². The normalized spacial score (nSPS) is 10.5. The zero-order chi connectivity index (χ0) is 23.8. The molecule has 3 rings (SSSR count). The third-order valence-electron chi connectivity index (χ3n) is 4.84. The van der Waals surface area contributed by atoms with Gasteiger partial charge in [0.15, 0.2) is 5.78 Å². The number of methoxy groups -OCH3 is 4. The lowest BCUT2D eigenvalue weighted by Crippen LogP contribution is -2.12. The van der Waals surface area contributed by atoms with Gasteiger partial charge >= 0.3 is 5.97 Å². The Hall–Kier alpha value is -4.26. The van der Waals surface area contributed by atoms with Gasteiger partial charge in [-0.3, -0.25) is 4.79 Å². The molecule has 0 aromatic heterocycles. The zero-order valence-electron chi connectivity index (χ0n) is 18.8. The third-order valence-corrected chi connectivity index (χ3v) is 4.84. The summed E-state index contributed by atoms with van der Waals surface area (Å²) in [6.07, 6.45) is 2.96. The summed E-state index contributed by atoms with van der Waals surface area (Å²) in [6, 6.07) is 16.8. The number of para-hydroxylation sites is 1. The van der Waals surface area contributed by atoms with Crippen molar-refractivity contribution in [3.8, 4) is 28.7 Å². The van der Waals surface area contributed by atoms with Crippen molar-refractivity contribution in [2.75, 3.05) is 28.4 Å². The molecule has 0 saturated carbocycles. The molecule has 0 radical (unpaired) electrons. The molecule has 0 saturated heterocycles. The SMILES string of the molecule is COc1ccc(OC)c(C(=O)/C=C/c2ccccc2OC(=O)c2c(OC)cccc2OC)c1. The average Bonchev–Trinajstić information content (AvgIpc) is 2.86. The number of benzene rings is 3. The van der Waals surface area contributed by atoms with Crippen LogP contribution in [-0.4, -0.2) is 40.2 Å². The number of esters is 1. The number of ketones is 1. The maximum absolute atomic E-state index is 12.9. The summed E-state index contributed by atoms with van der Waals surface area (Å²) in [5.41, 5.74) is 1.05. The smallest absolute Gasteiger partial charge is 0.351 e. The minimum absolute atomic E-state index is 0.165. The second kappa shape index (κ2) is 10.9. The number of allylic oxidation sites excluding steroid dienone is 1. The van der Waals surface area contributed by atoms with Crippen molar-refractivity contribution in [2.24, 2.45) is 0 Å². The highest BCUT2D eigenvalue weighted by Crippen LogP contribution is 2.31. The summed E-state index contributed by atoms with van der Waals surface area (Å²) in [5.74, 6) is 0.947. The first-order valence-electron chi connectivity index (χ1n) is 9.99. The summed E-state index contributed by atoms with van der Waals surface area (Å²) in [5, 5.41) is 0. The van der Waals surface area contributed by atoms with E-state index in [0.717, 1.165) is 0 Å². The van der Waals surface area contributed by atoms with E-state index < -0.39 is 5.97 Å². The second-order valence-corrected chi connectivity index (χ2v) is 6.73. The fraction of sp³-hybridized carbons (Fsp3) is 0.154. The monoisotopic (exact) mass is 448 g/mol. The molecule has 3 aromatic carbocycles. The van der Waals surface area contributed by atoms with Gasteiger partial charge in [0.1, 0.15) is 34.3 Å². The van der Waals surface area contributed by atoms with Crippen molar-refractivity contribution in [1.82, 2.24) is 0 Å². The quantitative estimate of drug-likeness (QED) is 0.201. The van der Waals surface area contributed by atoms with Crippen LogP contribution in [0.5, 0.6) is 28.7 Å². The Kier molecular flexibility index (Phi) is 7.70. The number of hydrogen-bond acceptors (Lipinski definition) is 7. The van der Waals surface area contributed by atoms with Gasteiger partial charge in [-0.25, -0.2) is 4.79 Å². The van der Waals surface area contributed by atoms with Crippen LogP contribution in [-0.2, 0) is 0 Å². The summed E-state index contributed by atoms with van der Waals surface area (Å²) in [6.45, 7) is 0. The Balaban J connectivity index is 1.89. The number of ether oxygens (including phenoxy) is 5. The van der Waals surface area contributed by atoms with Crippen molar-refractivity contribution < 1.29 is 33.3 Å². The molecule has 0 heterocycles. The van der Waals surface area contributed by atoms with Crippen molar-refractivity contribution in [3.63, 3.8) is 0 Å². The standard InChI is InChI=1S/C26H24O7/c1-29-18-13-15-22(30-2)19(16-18)20(27)14-12-17-8-5-6-9-21(17)33-26(28)25-23(31-3)10-7-11-24(25)32-4/h5-16H,1-4H3/b14-12+. The van der Waals surface area contributed by atoms with E-state index in [1.807, 2.05) is 0 Å². The molecular formula is C26H24O7. The van der Waals surface area contributed by atoms with E-state index in [4.69, 9.17) is 23.7 Å². The molecule has 7 heteroatoms. The van der Waals surface area contributed by atoms with Crippen molar-refractivity contribution >= 4 is 17.8 Å². The summed E-state index contributed by atoms with van der Waals surface area (Å²) >= 11 is 0. The molecule has 7 nitrogen and oxygen atoms in total. The van der Waals surface area contributed by atoms with E-state index in [1.165, 1.54) is 34.5 Å². The number of carbonyl (C=O) groups excluding carboxylic acids is 2. The summed E-state index contributed by atoms with van der Waals surface area (Å²) in [7, 11) is 5.93. The van der Waals surface area contributed by atoms with E-state index in [2.05, 4.69) is 0 Å². The second-order valence-electron chi connectivity index (χ2n) is 6.73. The van der Waals surface area contributed by atoms with Gasteiger partial charge < -0.3 is 23.7 Å². The van der Waals surface area contributed by atoms with Crippen LogP contribution in [0.2, 0.25) is 0 Å². The lowest BCUT2D eigenvalue weighted by atomic mass is 10.1. The highest BCUT2D eigenvalue weighted by molar-refractivity contribution is 6.09. The molecule has 170 valence electrons. The van der Waals surface area contributed by atoms with Crippen LogP contribution >= 0.6 is 0 Å². The molecule has 3 aromatic rings. The Morgan fingerprint density at radius 1 is 0.697 bits per heavy atom. The van der Waals surface area contributed by atoms with Gasteiger partial charge in [-0.15, -0.1) is 0 Å². The van der Waals surface area contributed by atoms with E-state index in [-0.39, 0.29) is 17.1 Å². The molecule has 0 unspecified atom stereocenters. The van der Waals surface area contributed by atoms with Gasteiger partial charge in [0.05, 0.1) is 34.0 Å². The number of rotatable bonds is 9. The Morgan fingerprint density at radius 2 is 1.33 bits per heavy atom. The molecule has 0 amide bonds. The van der Waals surface area contributed by atoms with Crippen LogP contribution in [0, 0.1) is 0 Å². The lowest BCUT2D eigenvalue weighted by Gasteiger charge is -2.13. The molecule has 0 bridgehead atoms. The highest BCUT2D eigenvalue weighted by Gasteiger charge is 2.21. The fourth-order valence-corrected chi connectivity index (χ4v) is 3.18. The van der Waals surface area contributed by atoms with E-state index in [9.17, 15) is 9.59 Å². The summed E-state index contributed by atoms with van der Waals surface area (Å²) < 4.78 is 26.7. The topological polar surface area (TPSA) is 80.3 Å². The lowest BCUT2D eigenvalue weighted by molar-refractivity contribution is 0.0727. The Labute approximate surface area is 192 Å². The minimum atomic E-state index is -0.647. The molecule has 0 spiro atoms. The number of carbonyl (C=O) groups is 2. The van der Waals surface area contributed by atoms with Crippen LogP contribution < -0.4 is 23.7 Å². The average molecular weight is 448 g/mol. The van der Waals surface area contributed by atoms with Crippen LogP contribution in [0.4, 0.5) is 0 Å². The van der Waals surface area contributed by atoms with Gasteiger partial charge in [0, 0.05) is 5.56 Å². The highest BCUT2D eigenvalue weighted by atomic mass is 16.5. The van der Waals surface area contributed by atoms with E-state index in [1.54, 1.807) is 66.7 Å². The number of hydrogen-bond donors (Lipinski definition) is 0. The first-order chi connectivity index (χ1) is 16.0. The summed E-state index contributed by atoms with van der Waals surface area (Å²) in [4.78, 5) is 25.8. The molecule has 0 aliphatic carbocycles. The van der Waals surface area contributed by atoms with E-state index >= 15 is 0 Å².